The second-order valence-corrected chi connectivity index (χ2v) is 14.4. The van der Waals surface area contributed by atoms with Gasteiger partial charge in [-0.25, -0.2) is 15.0 Å². The molecule has 0 fully saturated rings. The number of hydrogen-bond acceptors (Lipinski definition) is 5. The molecule has 53 heavy (non-hydrogen) atoms. The molecule has 1 aliphatic rings. The highest BCUT2D eigenvalue weighted by Crippen LogP contribution is 2.52. The van der Waals surface area contributed by atoms with Crippen LogP contribution >= 0.6 is 0 Å². The van der Waals surface area contributed by atoms with E-state index in [4.69, 9.17) is 23.8 Å². The van der Waals surface area contributed by atoms with Crippen molar-refractivity contribution in [3.63, 3.8) is 0 Å². The van der Waals surface area contributed by atoms with Gasteiger partial charge in [0.15, 0.2) is 17.5 Å². The Morgan fingerprint density at radius 1 is 0.396 bits per heavy atom. The van der Waals surface area contributed by atoms with Crippen LogP contribution in [0.4, 0.5) is 0 Å². The second-order valence-electron chi connectivity index (χ2n) is 14.4. The van der Waals surface area contributed by atoms with Gasteiger partial charge in [0.25, 0.3) is 0 Å². The summed E-state index contributed by atoms with van der Waals surface area (Å²) in [6.07, 6.45) is 0. The minimum atomic E-state index is -0.137. The summed E-state index contributed by atoms with van der Waals surface area (Å²) in [4.78, 5) is 15.3. The van der Waals surface area contributed by atoms with Crippen LogP contribution in [-0.2, 0) is 5.41 Å². The molecule has 10 aromatic rings. The Labute approximate surface area is 305 Å². The topological polar surface area (TPSA) is 65.0 Å². The van der Waals surface area contributed by atoms with Crippen LogP contribution in [-0.4, -0.2) is 15.0 Å². The average Bonchev–Trinajstić information content (AvgIpc) is 3.85. The summed E-state index contributed by atoms with van der Waals surface area (Å²) in [5, 5.41) is 4.14. The summed E-state index contributed by atoms with van der Waals surface area (Å²) in [5.41, 5.74) is 13.5. The Morgan fingerprint density at radius 3 is 1.92 bits per heavy atom. The van der Waals surface area contributed by atoms with Crippen molar-refractivity contribution in [2.45, 2.75) is 19.3 Å². The first kappa shape index (κ1) is 29.8. The minimum absolute atomic E-state index is 0.137. The van der Waals surface area contributed by atoms with Crippen LogP contribution in [0.25, 0.3) is 100 Å². The van der Waals surface area contributed by atoms with E-state index in [1.54, 1.807) is 0 Å². The molecule has 5 heteroatoms. The maximum atomic E-state index is 6.51. The van der Waals surface area contributed by atoms with Crippen LogP contribution in [0.3, 0.4) is 0 Å². The van der Waals surface area contributed by atoms with Crippen molar-refractivity contribution in [3.8, 4) is 56.4 Å². The Balaban J connectivity index is 1.11. The van der Waals surface area contributed by atoms with E-state index in [0.717, 1.165) is 66.1 Å². The van der Waals surface area contributed by atoms with Crippen LogP contribution in [0.2, 0.25) is 0 Å². The molecule has 5 nitrogen and oxygen atoms in total. The first-order valence-electron chi connectivity index (χ1n) is 17.9. The Bertz CT molecular complexity index is 3100. The Morgan fingerprint density at radius 2 is 1.02 bits per heavy atom. The molecule has 1 aliphatic carbocycles. The molecule has 0 unspecified atom stereocenters. The van der Waals surface area contributed by atoms with Crippen LogP contribution in [0.15, 0.2) is 160 Å². The Kier molecular flexibility index (Phi) is 6.23. The maximum absolute atomic E-state index is 6.51. The third-order valence-electron chi connectivity index (χ3n) is 10.9. The Hall–Kier alpha value is -6.85. The molecule has 0 bridgehead atoms. The van der Waals surface area contributed by atoms with Gasteiger partial charge in [0, 0.05) is 43.7 Å². The molecular weight excluding hydrogens is 651 g/mol. The SMILES string of the molecule is CC1(C)c2ccccc2-c2cccc(-c3ccc4oc5cccc(-c6nc(-c7ccccc7)nc(-c7ccc8c(c7)oc7ccccc78)n6)c5c4c3)c21. The van der Waals surface area contributed by atoms with Crippen molar-refractivity contribution < 1.29 is 8.83 Å². The molecule has 0 amide bonds. The molecule has 11 rings (SSSR count). The quantitative estimate of drug-likeness (QED) is 0.185. The van der Waals surface area contributed by atoms with E-state index in [1.807, 2.05) is 66.7 Å². The molecule has 0 aliphatic heterocycles. The minimum Gasteiger partial charge on any atom is -0.456 e. The van der Waals surface area contributed by atoms with Gasteiger partial charge in [0.05, 0.1) is 0 Å². The number of fused-ring (bicyclic) bond motifs is 9. The lowest BCUT2D eigenvalue weighted by Crippen LogP contribution is -2.16. The van der Waals surface area contributed by atoms with E-state index in [2.05, 4.69) is 98.8 Å². The first-order valence-corrected chi connectivity index (χ1v) is 17.9. The van der Waals surface area contributed by atoms with E-state index in [-0.39, 0.29) is 5.41 Å². The van der Waals surface area contributed by atoms with Gasteiger partial charge in [-0.3, -0.25) is 0 Å². The van der Waals surface area contributed by atoms with Gasteiger partial charge < -0.3 is 8.83 Å². The zero-order valence-electron chi connectivity index (χ0n) is 29.1. The highest BCUT2D eigenvalue weighted by atomic mass is 16.3. The van der Waals surface area contributed by atoms with Crippen LogP contribution < -0.4 is 0 Å². The van der Waals surface area contributed by atoms with E-state index < -0.39 is 0 Å². The first-order chi connectivity index (χ1) is 26.0. The fourth-order valence-corrected chi connectivity index (χ4v) is 8.48. The van der Waals surface area contributed by atoms with Gasteiger partial charge in [0.1, 0.15) is 22.3 Å². The summed E-state index contributed by atoms with van der Waals surface area (Å²) in [6.45, 7) is 4.67. The molecule has 3 heterocycles. The lowest BCUT2D eigenvalue weighted by atomic mass is 9.79. The smallest absolute Gasteiger partial charge is 0.164 e. The largest absolute Gasteiger partial charge is 0.456 e. The average molecular weight is 682 g/mol. The van der Waals surface area contributed by atoms with Crippen molar-refractivity contribution in [3.05, 3.63) is 163 Å². The lowest BCUT2D eigenvalue weighted by Gasteiger charge is -2.24. The molecular formula is C48H31N3O2. The zero-order chi connectivity index (χ0) is 35.3. The van der Waals surface area contributed by atoms with Gasteiger partial charge in [0.2, 0.25) is 0 Å². The highest BCUT2D eigenvalue weighted by molar-refractivity contribution is 6.13. The number of aromatic nitrogens is 3. The third-order valence-corrected chi connectivity index (χ3v) is 10.9. The van der Waals surface area contributed by atoms with Gasteiger partial charge in [-0.1, -0.05) is 129 Å². The molecule has 3 aromatic heterocycles. The lowest BCUT2D eigenvalue weighted by molar-refractivity contribution is 0.662. The molecule has 0 radical (unpaired) electrons. The standard InChI is InChI=1S/C48H31N3O2/c1-48(2)38-19-8-6-14-32(38)35-17-10-16-31(44(35)48)29-23-25-40-37(26-29)43-36(18-11-21-41(43)52-40)47-50-45(28-12-4-3-5-13-28)49-46(51-47)30-22-24-34-33-15-7-9-20-39(33)53-42(34)27-30/h3-27H,1-2H3. The highest BCUT2D eigenvalue weighted by Gasteiger charge is 2.37. The van der Waals surface area contributed by atoms with Crippen molar-refractivity contribution in [2.75, 3.05) is 0 Å². The van der Waals surface area contributed by atoms with E-state index >= 15 is 0 Å². The summed E-state index contributed by atoms with van der Waals surface area (Å²) >= 11 is 0. The number of hydrogen-bond donors (Lipinski definition) is 0. The molecule has 0 saturated carbocycles. The fraction of sp³-hybridized carbons (Fsp3) is 0.0625. The predicted molar refractivity (Wildman–Crippen MR) is 214 cm³/mol. The number of para-hydroxylation sites is 1. The summed E-state index contributed by atoms with van der Waals surface area (Å²) in [7, 11) is 0. The van der Waals surface area contributed by atoms with Crippen molar-refractivity contribution in [1.29, 1.82) is 0 Å². The summed E-state index contributed by atoms with van der Waals surface area (Å²) in [5.74, 6) is 1.75. The maximum Gasteiger partial charge on any atom is 0.164 e. The zero-order valence-corrected chi connectivity index (χ0v) is 29.1. The predicted octanol–water partition coefficient (Wildman–Crippen LogP) is 12.6. The molecule has 0 N–H and O–H groups in total. The molecule has 0 atom stereocenters. The number of furan rings is 2. The van der Waals surface area contributed by atoms with E-state index in [9.17, 15) is 0 Å². The number of rotatable bonds is 4. The van der Waals surface area contributed by atoms with E-state index in [0.29, 0.717) is 17.5 Å². The van der Waals surface area contributed by atoms with Crippen LogP contribution in [0.5, 0.6) is 0 Å². The van der Waals surface area contributed by atoms with Gasteiger partial charge >= 0.3 is 0 Å². The van der Waals surface area contributed by atoms with Crippen LogP contribution in [0, 0.1) is 0 Å². The summed E-state index contributed by atoms with van der Waals surface area (Å²) < 4.78 is 12.8. The van der Waals surface area contributed by atoms with Crippen LogP contribution in [0.1, 0.15) is 25.0 Å². The van der Waals surface area contributed by atoms with E-state index in [1.165, 1.54) is 27.8 Å². The number of benzene rings is 7. The van der Waals surface area contributed by atoms with Gasteiger partial charge in [-0.05, 0) is 69.8 Å². The van der Waals surface area contributed by atoms with Crippen molar-refractivity contribution in [1.82, 2.24) is 15.0 Å². The molecule has 7 aromatic carbocycles. The van der Waals surface area contributed by atoms with Gasteiger partial charge in [-0.2, -0.15) is 0 Å². The summed E-state index contributed by atoms with van der Waals surface area (Å²) in [6, 6.07) is 52.5. The second kappa shape index (κ2) is 11.1. The van der Waals surface area contributed by atoms with Gasteiger partial charge in [-0.15, -0.1) is 0 Å². The van der Waals surface area contributed by atoms with Crippen molar-refractivity contribution >= 4 is 43.9 Å². The third kappa shape index (κ3) is 4.47. The molecule has 0 spiro atoms. The monoisotopic (exact) mass is 681 g/mol. The molecule has 250 valence electrons. The van der Waals surface area contributed by atoms with Crippen molar-refractivity contribution in [2.24, 2.45) is 0 Å². The fourth-order valence-electron chi connectivity index (χ4n) is 8.48. The number of nitrogens with zero attached hydrogens (tertiary/aromatic N) is 3. The normalized spacial score (nSPS) is 13.2. The molecule has 0 saturated heterocycles.